The number of ether oxygens (including phenoxy) is 1. The van der Waals surface area contributed by atoms with Crippen LogP contribution in [0.15, 0.2) is 71.3 Å². The molecular weight excluding hydrogens is 449 g/mol. The van der Waals surface area contributed by atoms with Crippen LogP contribution in [-0.4, -0.2) is 59.0 Å². The Balaban J connectivity index is 1.37. The van der Waals surface area contributed by atoms with Gasteiger partial charge in [-0.15, -0.1) is 0 Å². The number of rotatable bonds is 5. The highest BCUT2D eigenvalue weighted by Gasteiger charge is 2.33. The highest BCUT2D eigenvalue weighted by atomic mass is 19.1. The van der Waals surface area contributed by atoms with Crippen molar-refractivity contribution in [2.24, 2.45) is 0 Å². The Bertz CT molecular complexity index is 1390. The van der Waals surface area contributed by atoms with Crippen molar-refractivity contribution in [2.75, 3.05) is 26.7 Å². The molecule has 8 heteroatoms. The van der Waals surface area contributed by atoms with E-state index in [-0.39, 0.29) is 23.4 Å². The van der Waals surface area contributed by atoms with Crippen LogP contribution in [0.3, 0.4) is 0 Å². The lowest BCUT2D eigenvalue weighted by Gasteiger charge is -2.40. The van der Waals surface area contributed by atoms with Gasteiger partial charge in [-0.2, -0.15) is 0 Å². The SMILES string of the molecule is COc1cccc(Cn2c(C(=O)N3CCN(C(=O)c4ccccc4F)C(C)C3)cc3ccoc32)c1. The van der Waals surface area contributed by atoms with Gasteiger partial charge < -0.3 is 23.5 Å². The maximum Gasteiger partial charge on any atom is 0.270 e. The molecule has 1 aliphatic heterocycles. The van der Waals surface area contributed by atoms with Gasteiger partial charge >= 0.3 is 0 Å². The number of aromatic nitrogens is 1. The van der Waals surface area contributed by atoms with Crippen LogP contribution < -0.4 is 4.74 Å². The van der Waals surface area contributed by atoms with Gasteiger partial charge in [0.25, 0.3) is 11.8 Å². The molecule has 1 unspecified atom stereocenters. The summed E-state index contributed by atoms with van der Waals surface area (Å²) in [5.74, 6) is -0.297. The number of benzene rings is 2. The number of hydrogen-bond acceptors (Lipinski definition) is 4. The summed E-state index contributed by atoms with van der Waals surface area (Å²) in [7, 11) is 1.62. The van der Waals surface area contributed by atoms with Crippen LogP contribution in [0.2, 0.25) is 0 Å². The zero-order chi connectivity index (χ0) is 24.5. The summed E-state index contributed by atoms with van der Waals surface area (Å²) in [6, 6.07) is 17.1. The summed E-state index contributed by atoms with van der Waals surface area (Å²) in [6.07, 6.45) is 1.61. The second-order valence-corrected chi connectivity index (χ2v) is 8.73. The molecule has 2 amide bonds. The van der Waals surface area contributed by atoms with E-state index < -0.39 is 5.82 Å². The van der Waals surface area contributed by atoms with Gasteiger partial charge in [-0.1, -0.05) is 24.3 Å². The smallest absolute Gasteiger partial charge is 0.270 e. The second kappa shape index (κ2) is 9.29. The molecular formula is C27H26FN3O4. The first-order chi connectivity index (χ1) is 17.0. The van der Waals surface area contributed by atoms with Crippen molar-refractivity contribution in [3.63, 3.8) is 0 Å². The Hall–Kier alpha value is -4.07. The van der Waals surface area contributed by atoms with E-state index >= 15 is 0 Å². The van der Waals surface area contributed by atoms with E-state index in [9.17, 15) is 14.0 Å². The number of carbonyl (C=O) groups is 2. The number of nitrogens with zero attached hydrogens (tertiary/aromatic N) is 3. The van der Waals surface area contributed by atoms with Crippen molar-refractivity contribution in [3.05, 3.63) is 89.6 Å². The van der Waals surface area contributed by atoms with Crippen LogP contribution in [0.25, 0.3) is 11.1 Å². The Labute approximate surface area is 202 Å². The minimum Gasteiger partial charge on any atom is -0.497 e. The Morgan fingerprint density at radius 1 is 1.06 bits per heavy atom. The minimum atomic E-state index is -0.541. The predicted molar refractivity (Wildman–Crippen MR) is 129 cm³/mol. The van der Waals surface area contributed by atoms with E-state index in [0.29, 0.717) is 37.6 Å². The maximum absolute atomic E-state index is 14.2. The quantitative estimate of drug-likeness (QED) is 0.429. The van der Waals surface area contributed by atoms with Crippen LogP contribution in [0.4, 0.5) is 4.39 Å². The normalized spacial score (nSPS) is 16.0. The van der Waals surface area contributed by atoms with Crippen molar-refractivity contribution < 1.29 is 23.1 Å². The fourth-order valence-corrected chi connectivity index (χ4v) is 4.66. The Kier molecular flexibility index (Phi) is 6.03. The molecule has 1 saturated heterocycles. The molecule has 1 fully saturated rings. The molecule has 5 rings (SSSR count). The van der Waals surface area contributed by atoms with E-state index in [1.807, 2.05) is 47.9 Å². The van der Waals surface area contributed by atoms with Gasteiger partial charge in [0, 0.05) is 31.1 Å². The number of amides is 2. The van der Waals surface area contributed by atoms with E-state index in [1.54, 1.807) is 35.3 Å². The molecule has 2 aromatic carbocycles. The molecule has 7 nitrogen and oxygen atoms in total. The number of halogens is 1. The van der Waals surface area contributed by atoms with E-state index in [2.05, 4.69) is 0 Å². The summed E-state index contributed by atoms with van der Waals surface area (Å²) >= 11 is 0. The van der Waals surface area contributed by atoms with Crippen molar-refractivity contribution in [1.29, 1.82) is 0 Å². The standard InChI is InChI=1S/C27H26FN3O4/c1-18-16-29(11-12-30(18)25(32)22-8-3-4-9-23(22)28)26(33)24-15-20-10-13-35-27(20)31(24)17-19-6-5-7-21(14-19)34-2/h3-10,13-15,18H,11-12,16-17H2,1-2H3. The lowest BCUT2D eigenvalue weighted by molar-refractivity contribution is 0.0406. The third-order valence-corrected chi connectivity index (χ3v) is 6.48. The third-order valence-electron chi connectivity index (χ3n) is 6.48. The number of piperazine rings is 1. The number of furan rings is 1. The van der Waals surface area contributed by atoms with E-state index in [0.717, 1.165) is 16.7 Å². The Morgan fingerprint density at radius 2 is 1.89 bits per heavy atom. The number of fused-ring (bicyclic) bond motifs is 1. The topological polar surface area (TPSA) is 67.9 Å². The minimum absolute atomic E-state index is 0.0478. The Morgan fingerprint density at radius 3 is 2.66 bits per heavy atom. The molecule has 1 atom stereocenters. The first-order valence-corrected chi connectivity index (χ1v) is 11.5. The first-order valence-electron chi connectivity index (χ1n) is 11.5. The average molecular weight is 476 g/mol. The van der Waals surface area contributed by atoms with Gasteiger partial charge in [0.1, 0.15) is 17.3 Å². The van der Waals surface area contributed by atoms with Gasteiger partial charge in [-0.3, -0.25) is 9.59 Å². The van der Waals surface area contributed by atoms with Crippen LogP contribution >= 0.6 is 0 Å². The first kappa shape index (κ1) is 22.7. The highest BCUT2D eigenvalue weighted by molar-refractivity contribution is 5.98. The molecule has 0 aliphatic carbocycles. The molecule has 3 heterocycles. The molecule has 0 radical (unpaired) electrons. The second-order valence-electron chi connectivity index (χ2n) is 8.73. The lowest BCUT2D eigenvalue weighted by Crippen LogP contribution is -2.55. The highest BCUT2D eigenvalue weighted by Crippen LogP contribution is 2.26. The van der Waals surface area contributed by atoms with Crippen LogP contribution in [0, 0.1) is 5.82 Å². The van der Waals surface area contributed by atoms with Gasteiger partial charge in [-0.25, -0.2) is 4.39 Å². The summed E-state index contributed by atoms with van der Waals surface area (Å²) in [5.41, 5.74) is 2.16. The molecule has 0 N–H and O–H groups in total. The maximum atomic E-state index is 14.2. The van der Waals surface area contributed by atoms with Crippen LogP contribution in [0.1, 0.15) is 33.3 Å². The molecule has 2 aromatic heterocycles. The molecule has 0 bridgehead atoms. The fourth-order valence-electron chi connectivity index (χ4n) is 4.66. The van der Waals surface area contributed by atoms with E-state index in [4.69, 9.17) is 9.15 Å². The van der Waals surface area contributed by atoms with Crippen LogP contribution in [-0.2, 0) is 6.54 Å². The summed E-state index contributed by atoms with van der Waals surface area (Å²) in [4.78, 5) is 29.9. The van der Waals surface area contributed by atoms with Gasteiger partial charge in [0.2, 0.25) is 5.71 Å². The van der Waals surface area contributed by atoms with Gasteiger partial charge in [-0.05, 0) is 48.9 Å². The fraction of sp³-hybridized carbons (Fsp3) is 0.259. The van der Waals surface area contributed by atoms with Crippen molar-refractivity contribution in [1.82, 2.24) is 14.4 Å². The third kappa shape index (κ3) is 4.27. The zero-order valence-electron chi connectivity index (χ0n) is 19.6. The number of methoxy groups -OCH3 is 1. The molecule has 35 heavy (non-hydrogen) atoms. The number of hydrogen-bond donors (Lipinski definition) is 0. The summed E-state index contributed by atoms with van der Waals surface area (Å²) in [5, 5.41) is 0.845. The molecule has 0 spiro atoms. The summed E-state index contributed by atoms with van der Waals surface area (Å²) < 4.78 is 27.1. The van der Waals surface area contributed by atoms with Crippen molar-refractivity contribution >= 4 is 22.9 Å². The molecule has 180 valence electrons. The lowest BCUT2D eigenvalue weighted by atomic mass is 10.1. The average Bonchev–Trinajstić information content (AvgIpc) is 3.46. The summed E-state index contributed by atoms with van der Waals surface area (Å²) in [6.45, 7) is 3.35. The largest absolute Gasteiger partial charge is 0.497 e. The van der Waals surface area contributed by atoms with Gasteiger partial charge in [0.05, 0.1) is 25.5 Å². The molecule has 1 aliphatic rings. The van der Waals surface area contributed by atoms with Crippen molar-refractivity contribution in [2.45, 2.75) is 19.5 Å². The van der Waals surface area contributed by atoms with E-state index in [1.165, 1.54) is 12.1 Å². The number of carbonyl (C=O) groups excluding carboxylic acids is 2. The predicted octanol–water partition coefficient (Wildman–Crippen LogP) is 4.42. The monoisotopic (exact) mass is 475 g/mol. The molecule has 4 aromatic rings. The van der Waals surface area contributed by atoms with Crippen LogP contribution in [0.5, 0.6) is 5.75 Å². The molecule has 0 saturated carbocycles. The van der Waals surface area contributed by atoms with Gasteiger partial charge in [0.15, 0.2) is 0 Å². The van der Waals surface area contributed by atoms with Crippen molar-refractivity contribution in [3.8, 4) is 5.75 Å². The zero-order valence-corrected chi connectivity index (χ0v) is 19.6.